The predicted octanol–water partition coefficient (Wildman–Crippen LogP) is 1.54. The third kappa shape index (κ3) is 5.43. The molecule has 0 radical (unpaired) electrons. The Balaban J connectivity index is 6.36. The van der Waals surface area contributed by atoms with E-state index in [0.717, 1.165) is 13.8 Å². The minimum atomic E-state index is -6.13. The maximum atomic E-state index is 15.3. The topological polar surface area (TPSA) is 109 Å². The van der Waals surface area contributed by atoms with Crippen LogP contribution in [0.4, 0.5) is 39.5 Å². The highest BCUT2D eigenvalue weighted by Gasteiger charge is 2.76. The van der Waals surface area contributed by atoms with E-state index in [2.05, 4.69) is 4.74 Å². The summed E-state index contributed by atoms with van der Waals surface area (Å²) in [6.45, 7) is -0.318. The lowest BCUT2D eigenvalue weighted by molar-refractivity contribution is -0.663. The Morgan fingerprint density at radius 1 is 0.935 bits per heavy atom. The molecule has 0 saturated carbocycles. The fourth-order valence-electron chi connectivity index (χ4n) is 2.58. The number of hydrogen-bond donors (Lipinski definition) is 4. The summed E-state index contributed by atoms with van der Waals surface area (Å²) in [4.78, 5) is 12.1. The van der Waals surface area contributed by atoms with Gasteiger partial charge in [-0.15, -0.1) is 0 Å². The first-order valence-corrected chi connectivity index (χ1v) is 8.93. The van der Waals surface area contributed by atoms with Gasteiger partial charge in [0, 0.05) is 0 Å². The first kappa shape index (κ1) is 29.8. The zero-order chi connectivity index (χ0) is 25.3. The standard InChI is InChI=1S/C16H25F9N2O4/c1-5-11(3,17)13(18,15(20,21)22)7-31-12(4,6-2)14(19,16(23,24)25)10(30)27-9(29)8(26)28/h8-9,28-29H,5-7,26H2,1-4H3,(H,27,30)/p+1. The van der Waals surface area contributed by atoms with Gasteiger partial charge in [-0.05, 0) is 26.7 Å². The molecule has 1 amide bonds. The highest BCUT2D eigenvalue weighted by Crippen LogP contribution is 2.50. The van der Waals surface area contributed by atoms with Gasteiger partial charge in [-0.25, -0.2) is 18.0 Å². The highest BCUT2D eigenvalue weighted by molar-refractivity contribution is 5.79. The molecule has 0 saturated heterocycles. The van der Waals surface area contributed by atoms with Crippen LogP contribution in [0.3, 0.4) is 0 Å². The van der Waals surface area contributed by atoms with Gasteiger partial charge in [0.05, 0.1) is 6.61 Å². The van der Waals surface area contributed by atoms with Gasteiger partial charge in [-0.3, -0.25) is 11.1 Å². The number of alkyl halides is 9. The number of amides is 1. The van der Waals surface area contributed by atoms with Crippen molar-refractivity contribution in [3.8, 4) is 0 Å². The van der Waals surface area contributed by atoms with Crippen LogP contribution < -0.4 is 11.1 Å². The highest BCUT2D eigenvalue weighted by atomic mass is 19.4. The average molecular weight is 481 g/mol. The predicted molar refractivity (Wildman–Crippen MR) is 87.4 cm³/mol. The van der Waals surface area contributed by atoms with Crippen molar-refractivity contribution in [1.29, 1.82) is 0 Å². The Labute approximate surface area is 171 Å². The number of rotatable bonds is 10. The van der Waals surface area contributed by atoms with Crippen molar-refractivity contribution >= 4 is 5.91 Å². The van der Waals surface area contributed by atoms with Gasteiger partial charge in [0.15, 0.2) is 11.9 Å². The molecule has 0 spiro atoms. The van der Waals surface area contributed by atoms with Gasteiger partial charge in [0.2, 0.25) is 6.23 Å². The normalized spacial score (nSPS) is 23.1. The molecule has 31 heavy (non-hydrogen) atoms. The van der Waals surface area contributed by atoms with Crippen LogP contribution in [0.5, 0.6) is 0 Å². The minimum absolute atomic E-state index is 0.206. The van der Waals surface area contributed by atoms with Crippen molar-refractivity contribution in [2.75, 3.05) is 6.61 Å². The summed E-state index contributed by atoms with van der Waals surface area (Å²) in [5.41, 5.74) is -12.4. The quantitative estimate of drug-likeness (QED) is 0.280. The first-order chi connectivity index (χ1) is 13.6. The van der Waals surface area contributed by atoms with Crippen LogP contribution in [0.2, 0.25) is 0 Å². The largest absolute Gasteiger partial charge is 0.438 e. The first-order valence-electron chi connectivity index (χ1n) is 8.93. The van der Waals surface area contributed by atoms with Crippen LogP contribution >= 0.6 is 0 Å². The Hall–Kier alpha value is -1.16. The lowest BCUT2D eigenvalue weighted by atomic mass is 9.80. The van der Waals surface area contributed by atoms with Crippen LogP contribution in [0.25, 0.3) is 0 Å². The maximum Gasteiger partial charge on any atom is 0.438 e. The van der Waals surface area contributed by atoms with E-state index >= 15 is 4.39 Å². The van der Waals surface area contributed by atoms with Gasteiger partial charge in [-0.2, -0.15) is 26.3 Å². The van der Waals surface area contributed by atoms with Gasteiger partial charge >= 0.3 is 23.9 Å². The van der Waals surface area contributed by atoms with E-state index < -0.39 is 72.8 Å². The van der Waals surface area contributed by atoms with Gasteiger partial charge < -0.3 is 14.9 Å². The summed E-state index contributed by atoms with van der Waals surface area (Å²) in [5.74, 6) is -2.56. The molecule has 0 aromatic heterocycles. The number of carbonyl (C=O) groups is 1. The number of ether oxygens (including phenoxy) is 1. The van der Waals surface area contributed by atoms with Crippen molar-refractivity contribution in [1.82, 2.24) is 0 Å². The molecular formula is C16H26F9N2O4+. The number of hydrogen-bond acceptors (Lipinski definition) is 5. The summed E-state index contributed by atoms with van der Waals surface area (Å²) >= 11 is 0. The fraction of sp³-hybridized carbons (Fsp3) is 0.938. The minimum Gasteiger partial charge on any atom is -0.371 e. The van der Waals surface area contributed by atoms with Crippen LogP contribution in [-0.2, 0) is 9.53 Å². The molecule has 15 heteroatoms. The van der Waals surface area contributed by atoms with E-state index in [4.69, 9.17) is 10.8 Å². The second kappa shape index (κ2) is 9.37. The SMILES string of the molecule is CCC(C)(F)C(F)(COC(C)(CC)C(F)(C(=O)[NH2+]C(O)C(N)O)C(F)(F)F)C(F)(F)F. The van der Waals surface area contributed by atoms with E-state index in [-0.39, 0.29) is 19.2 Å². The molecule has 0 aromatic carbocycles. The summed E-state index contributed by atoms with van der Waals surface area (Å²) in [6.07, 6.45) is -19.1. The number of quaternary nitrogens is 1. The lowest BCUT2D eigenvalue weighted by Crippen LogP contribution is -3.01. The Bertz CT molecular complexity index is 629. The number of aliphatic hydroxyl groups excluding tert-OH is 2. The van der Waals surface area contributed by atoms with Crippen LogP contribution in [-0.4, -0.2) is 70.1 Å². The van der Waals surface area contributed by atoms with Crippen LogP contribution in [0, 0.1) is 0 Å². The molecule has 0 aliphatic rings. The van der Waals surface area contributed by atoms with Crippen molar-refractivity contribution in [2.24, 2.45) is 5.73 Å². The van der Waals surface area contributed by atoms with Crippen molar-refractivity contribution < 1.29 is 64.6 Å². The van der Waals surface area contributed by atoms with Crippen molar-refractivity contribution in [3.05, 3.63) is 0 Å². The van der Waals surface area contributed by atoms with E-state index in [1.165, 1.54) is 0 Å². The third-order valence-electron chi connectivity index (χ3n) is 5.33. The van der Waals surface area contributed by atoms with Crippen LogP contribution in [0.1, 0.15) is 40.5 Å². The number of aliphatic hydroxyl groups is 2. The summed E-state index contributed by atoms with van der Waals surface area (Å²) < 4.78 is 129. The van der Waals surface area contributed by atoms with Crippen molar-refractivity contribution in [3.63, 3.8) is 0 Å². The Morgan fingerprint density at radius 3 is 1.68 bits per heavy atom. The number of carbonyl (C=O) groups excluding carboxylic acids is 1. The zero-order valence-corrected chi connectivity index (χ0v) is 17.0. The number of halogens is 9. The molecule has 0 rings (SSSR count). The molecule has 6 atom stereocenters. The molecular weight excluding hydrogens is 455 g/mol. The molecule has 0 heterocycles. The van der Waals surface area contributed by atoms with Gasteiger partial charge in [0.25, 0.3) is 5.67 Å². The third-order valence-corrected chi connectivity index (χ3v) is 5.33. The molecule has 6 nitrogen and oxygen atoms in total. The summed E-state index contributed by atoms with van der Waals surface area (Å²) in [6, 6.07) is 0. The molecule has 0 aliphatic carbocycles. The van der Waals surface area contributed by atoms with Gasteiger partial charge in [0.1, 0.15) is 5.60 Å². The van der Waals surface area contributed by atoms with Crippen LogP contribution in [0.15, 0.2) is 0 Å². The molecule has 0 bridgehead atoms. The molecule has 0 aliphatic heterocycles. The van der Waals surface area contributed by atoms with E-state index in [0.29, 0.717) is 0 Å². The summed E-state index contributed by atoms with van der Waals surface area (Å²) in [5, 5.41) is 17.9. The average Bonchev–Trinajstić information content (AvgIpc) is 2.62. The Kier molecular flexibility index (Phi) is 9.02. The number of nitrogens with two attached hydrogens (primary N) is 2. The lowest BCUT2D eigenvalue weighted by Gasteiger charge is -2.44. The molecule has 186 valence electrons. The van der Waals surface area contributed by atoms with E-state index in [1.54, 1.807) is 0 Å². The molecule has 0 fully saturated rings. The van der Waals surface area contributed by atoms with E-state index in [9.17, 15) is 45.0 Å². The molecule has 0 aromatic rings. The smallest absolute Gasteiger partial charge is 0.371 e. The monoisotopic (exact) mass is 481 g/mol. The zero-order valence-electron chi connectivity index (χ0n) is 17.0. The fourth-order valence-corrected chi connectivity index (χ4v) is 2.58. The summed E-state index contributed by atoms with van der Waals surface area (Å²) in [7, 11) is 0. The van der Waals surface area contributed by atoms with Crippen molar-refractivity contribution in [2.45, 2.75) is 88.0 Å². The number of primary amides is 1. The van der Waals surface area contributed by atoms with E-state index in [1.807, 2.05) is 0 Å². The molecule has 6 N–H and O–H groups in total. The maximum absolute atomic E-state index is 15.3. The Morgan fingerprint density at radius 2 is 1.39 bits per heavy atom. The van der Waals surface area contributed by atoms with Gasteiger partial charge in [-0.1, -0.05) is 13.8 Å². The molecule has 6 unspecified atom stereocenters. The second-order valence-electron chi connectivity index (χ2n) is 7.39. The second-order valence-corrected chi connectivity index (χ2v) is 7.39.